The van der Waals surface area contributed by atoms with Gasteiger partial charge in [0.15, 0.2) is 0 Å². The molecule has 0 aliphatic carbocycles. The number of aryl methyl sites for hydroxylation is 1. The quantitative estimate of drug-likeness (QED) is 0.851. The number of nitrogens with one attached hydrogen (secondary N) is 1. The summed E-state index contributed by atoms with van der Waals surface area (Å²) >= 11 is 5.77. The summed E-state index contributed by atoms with van der Waals surface area (Å²) in [5, 5.41) is 12.6. The van der Waals surface area contributed by atoms with E-state index in [1.54, 1.807) is 19.1 Å². The maximum absolute atomic E-state index is 12.2. The molecule has 104 valence electrons. The fraction of sp³-hybridized carbons (Fsp3) is 0.200. The number of aliphatic hydroxyl groups is 1. The lowest BCUT2D eigenvalue weighted by molar-refractivity contribution is 0.0915. The second-order valence-electron chi connectivity index (χ2n) is 4.39. The van der Waals surface area contributed by atoms with Crippen molar-refractivity contribution in [2.75, 3.05) is 6.61 Å². The van der Waals surface area contributed by atoms with Gasteiger partial charge in [-0.3, -0.25) is 4.79 Å². The van der Waals surface area contributed by atoms with Gasteiger partial charge in [0.05, 0.1) is 23.9 Å². The van der Waals surface area contributed by atoms with Crippen LogP contribution in [0.2, 0.25) is 5.15 Å². The van der Waals surface area contributed by atoms with Crippen LogP contribution in [0.4, 0.5) is 0 Å². The average molecular weight is 291 g/mol. The summed E-state index contributed by atoms with van der Waals surface area (Å²) in [5.41, 5.74) is 1.85. The van der Waals surface area contributed by atoms with Crippen LogP contribution < -0.4 is 5.32 Å². The Hall–Kier alpha value is -1.91. The minimum atomic E-state index is -0.446. The van der Waals surface area contributed by atoms with Crippen molar-refractivity contribution in [2.45, 2.75) is 13.0 Å². The first kappa shape index (κ1) is 14.5. The molecular formula is C15H15ClN2O2. The molecule has 1 unspecified atom stereocenters. The van der Waals surface area contributed by atoms with Crippen molar-refractivity contribution in [3.8, 4) is 0 Å². The van der Waals surface area contributed by atoms with E-state index >= 15 is 0 Å². The van der Waals surface area contributed by atoms with Gasteiger partial charge in [0.2, 0.25) is 0 Å². The molecule has 0 aliphatic heterocycles. The van der Waals surface area contributed by atoms with Gasteiger partial charge < -0.3 is 10.4 Å². The number of hydrogen-bond donors (Lipinski definition) is 2. The summed E-state index contributed by atoms with van der Waals surface area (Å²) in [4.78, 5) is 16.3. The van der Waals surface area contributed by atoms with Gasteiger partial charge in [-0.25, -0.2) is 4.98 Å². The number of rotatable bonds is 4. The van der Waals surface area contributed by atoms with Gasteiger partial charge in [-0.05, 0) is 24.6 Å². The third kappa shape index (κ3) is 3.35. The number of pyridine rings is 1. The largest absolute Gasteiger partial charge is 0.394 e. The molecule has 1 aromatic carbocycles. The molecule has 1 aromatic heterocycles. The van der Waals surface area contributed by atoms with Crippen LogP contribution in [0.25, 0.3) is 0 Å². The van der Waals surface area contributed by atoms with Crippen LogP contribution >= 0.6 is 11.6 Å². The smallest absolute Gasteiger partial charge is 0.253 e. The number of halogens is 1. The molecule has 20 heavy (non-hydrogen) atoms. The van der Waals surface area contributed by atoms with Gasteiger partial charge in [-0.2, -0.15) is 0 Å². The summed E-state index contributed by atoms with van der Waals surface area (Å²) in [7, 11) is 0. The van der Waals surface area contributed by atoms with E-state index in [4.69, 9.17) is 11.6 Å². The van der Waals surface area contributed by atoms with E-state index in [0.717, 1.165) is 5.56 Å². The number of hydrogen-bond acceptors (Lipinski definition) is 3. The zero-order valence-corrected chi connectivity index (χ0v) is 11.8. The van der Waals surface area contributed by atoms with E-state index in [9.17, 15) is 9.90 Å². The van der Waals surface area contributed by atoms with Crippen molar-refractivity contribution in [3.63, 3.8) is 0 Å². The lowest BCUT2D eigenvalue weighted by atomic mass is 10.1. The average Bonchev–Trinajstić information content (AvgIpc) is 2.45. The molecule has 0 saturated heterocycles. The van der Waals surface area contributed by atoms with Crippen molar-refractivity contribution in [1.29, 1.82) is 0 Å². The summed E-state index contributed by atoms with van der Waals surface area (Å²) in [5.74, 6) is -0.283. The summed E-state index contributed by atoms with van der Waals surface area (Å²) in [6, 6.07) is 12.1. The topological polar surface area (TPSA) is 62.2 Å². The highest BCUT2D eigenvalue weighted by Gasteiger charge is 2.16. The van der Waals surface area contributed by atoms with Gasteiger partial charge in [-0.1, -0.05) is 41.9 Å². The predicted molar refractivity (Wildman–Crippen MR) is 77.7 cm³/mol. The number of aliphatic hydroxyl groups excluding tert-OH is 1. The van der Waals surface area contributed by atoms with E-state index in [2.05, 4.69) is 10.3 Å². The Bertz CT molecular complexity index is 602. The number of amides is 1. The standard InChI is InChI=1S/C15H15ClN2O2/c1-10-12(7-8-14(16)17-10)15(20)18-13(9-19)11-5-3-2-4-6-11/h2-8,13,19H,9H2,1H3,(H,18,20). The van der Waals surface area contributed by atoms with Crippen molar-refractivity contribution in [3.05, 3.63) is 64.4 Å². The highest BCUT2D eigenvalue weighted by Crippen LogP contribution is 2.15. The van der Waals surface area contributed by atoms with E-state index < -0.39 is 6.04 Å². The third-order valence-electron chi connectivity index (χ3n) is 2.99. The highest BCUT2D eigenvalue weighted by molar-refractivity contribution is 6.29. The molecule has 1 heterocycles. The van der Waals surface area contributed by atoms with Crippen molar-refractivity contribution < 1.29 is 9.90 Å². The Morgan fingerprint density at radius 2 is 2.00 bits per heavy atom. The SMILES string of the molecule is Cc1nc(Cl)ccc1C(=O)NC(CO)c1ccccc1. The second-order valence-corrected chi connectivity index (χ2v) is 4.77. The Kier molecular flexibility index (Phi) is 4.71. The lowest BCUT2D eigenvalue weighted by Crippen LogP contribution is -2.31. The van der Waals surface area contributed by atoms with Crippen molar-refractivity contribution >= 4 is 17.5 Å². The molecule has 0 bridgehead atoms. The summed E-state index contributed by atoms with van der Waals surface area (Å²) in [6.07, 6.45) is 0. The molecule has 2 N–H and O–H groups in total. The van der Waals surface area contributed by atoms with Gasteiger partial charge >= 0.3 is 0 Å². The maximum Gasteiger partial charge on any atom is 0.253 e. The van der Waals surface area contributed by atoms with Crippen molar-refractivity contribution in [1.82, 2.24) is 10.3 Å². The maximum atomic E-state index is 12.2. The van der Waals surface area contributed by atoms with Crippen LogP contribution in [0.5, 0.6) is 0 Å². The summed E-state index contributed by atoms with van der Waals surface area (Å²) in [6.45, 7) is 1.55. The zero-order valence-electron chi connectivity index (χ0n) is 11.0. The Balaban J connectivity index is 2.17. The molecule has 0 saturated carbocycles. The second kappa shape index (κ2) is 6.50. The van der Waals surface area contributed by atoms with Gasteiger partial charge in [0.1, 0.15) is 5.15 Å². The monoisotopic (exact) mass is 290 g/mol. The molecule has 1 atom stereocenters. The molecular weight excluding hydrogens is 276 g/mol. The molecule has 0 spiro atoms. The van der Waals surface area contributed by atoms with E-state index in [1.165, 1.54) is 0 Å². The number of nitrogens with zero attached hydrogens (tertiary/aromatic N) is 1. The molecule has 0 radical (unpaired) electrons. The lowest BCUT2D eigenvalue weighted by Gasteiger charge is -2.17. The number of aromatic nitrogens is 1. The van der Waals surface area contributed by atoms with Crippen LogP contribution in [0, 0.1) is 6.92 Å². The Morgan fingerprint density at radius 3 is 2.60 bits per heavy atom. The van der Waals surface area contributed by atoms with E-state index in [-0.39, 0.29) is 12.5 Å². The molecule has 0 aliphatic rings. The highest BCUT2D eigenvalue weighted by atomic mass is 35.5. The van der Waals surface area contributed by atoms with Crippen LogP contribution in [0.15, 0.2) is 42.5 Å². The fourth-order valence-electron chi connectivity index (χ4n) is 1.93. The minimum absolute atomic E-state index is 0.171. The normalized spacial score (nSPS) is 11.9. The van der Waals surface area contributed by atoms with E-state index in [0.29, 0.717) is 16.4 Å². The molecule has 5 heteroatoms. The third-order valence-corrected chi connectivity index (χ3v) is 3.20. The first-order chi connectivity index (χ1) is 9.61. The Morgan fingerprint density at radius 1 is 1.30 bits per heavy atom. The van der Waals surface area contributed by atoms with Crippen LogP contribution in [0.3, 0.4) is 0 Å². The van der Waals surface area contributed by atoms with Gasteiger partial charge in [0, 0.05) is 0 Å². The number of carbonyl (C=O) groups is 1. The van der Waals surface area contributed by atoms with Crippen LogP contribution in [0.1, 0.15) is 27.7 Å². The van der Waals surface area contributed by atoms with Crippen LogP contribution in [-0.4, -0.2) is 22.6 Å². The number of carbonyl (C=O) groups excluding carboxylic acids is 1. The van der Waals surface area contributed by atoms with Crippen molar-refractivity contribution in [2.24, 2.45) is 0 Å². The Labute approximate surface area is 122 Å². The predicted octanol–water partition coefficient (Wildman–Crippen LogP) is 2.51. The van der Waals surface area contributed by atoms with Gasteiger partial charge in [-0.15, -0.1) is 0 Å². The molecule has 2 rings (SSSR count). The summed E-state index contributed by atoms with van der Waals surface area (Å²) < 4.78 is 0. The first-order valence-corrected chi connectivity index (χ1v) is 6.59. The molecule has 4 nitrogen and oxygen atoms in total. The van der Waals surface area contributed by atoms with Gasteiger partial charge in [0.25, 0.3) is 5.91 Å². The first-order valence-electron chi connectivity index (χ1n) is 6.21. The van der Waals surface area contributed by atoms with E-state index in [1.807, 2.05) is 30.3 Å². The molecule has 1 amide bonds. The zero-order chi connectivity index (χ0) is 14.5. The molecule has 0 fully saturated rings. The van der Waals surface area contributed by atoms with Crippen LogP contribution in [-0.2, 0) is 0 Å². The molecule has 2 aromatic rings. The minimum Gasteiger partial charge on any atom is -0.394 e. The number of benzene rings is 1. The fourth-order valence-corrected chi connectivity index (χ4v) is 2.12.